The zero-order valence-electron chi connectivity index (χ0n) is 17.3. The van der Waals surface area contributed by atoms with Gasteiger partial charge in [-0.25, -0.2) is 4.39 Å². The maximum absolute atomic E-state index is 13.9. The molecule has 7 heteroatoms. The number of nitrogens with one attached hydrogen (secondary N) is 1. The number of piperazine rings is 1. The number of nitriles is 1. The summed E-state index contributed by atoms with van der Waals surface area (Å²) in [5, 5.41) is 15.3. The molecule has 0 radical (unpaired) electrons. The van der Waals surface area contributed by atoms with E-state index < -0.39 is 0 Å². The van der Waals surface area contributed by atoms with Gasteiger partial charge >= 0.3 is 0 Å². The van der Waals surface area contributed by atoms with Crippen LogP contribution in [0.15, 0.2) is 54.6 Å². The number of fused-ring (bicyclic) bond motifs is 1. The van der Waals surface area contributed by atoms with Crippen molar-refractivity contribution in [2.45, 2.75) is 6.92 Å². The molecule has 0 bridgehead atoms. The van der Waals surface area contributed by atoms with E-state index in [9.17, 15) is 9.65 Å². The van der Waals surface area contributed by atoms with Crippen LogP contribution >= 0.6 is 12.2 Å². The molecule has 0 unspecified atom stereocenters. The monoisotopic (exact) mass is 434 g/mol. The predicted octanol–water partition coefficient (Wildman–Crippen LogP) is 4.77. The van der Waals surface area contributed by atoms with Crippen molar-refractivity contribution in [2.24, 2.45) is 0 Å². The second kappa shape index (κ2) is 9.19. The normalized spacial score (nSPS) is 13.7. The van der Waals surface area contributed by atoms with Crippen molar-refractivity contribution >= 4 is 39.5 Å². The van der Waals surface area contributed by atoms with Crippen LogP contribution in [0.4, 0.5) is 15.8 Å². The van der Waals surface area contributed by atoms with Crippen molar-refractivity contribution in [3.63, 3.8) is 0 Å². The lowest BCUT2D eigenvalue weighted by Crippen LogP contribution is -2.50. The number of hydrogen-bond donors (Lipinski definition) is 1. The Balaban J connectivity index is 1.48. The first-order valence-corrected chi connectivity index (χ1v) is 10.7. The number of halogens is 1. The molecule has 3 aromatic rings. The van der Waals surface area contributed by atoms with Crippen LogP contribution in [0.5, 0.6) is 5.75 Å². The second-order valence-corrected chi connectivity index (χ2v) is 7.69. The molecule has 0 aromatic heterocycles. The highest BCUT2D eigenvalue weighted by Crippen LogP contribution is 2.30. The Labute approximate surface area is 186 Å². The van der Waals surface area contributed by atoms with Gasteiger partial charge in [0.1, 0.15) is 17.6 Å². The van der Waals surface area contributed by atoms with Crippen molar-refractivity contribution in [2.75, 3.05) is 43.0 Å². The van der Waals surface area contributed by atoms with Crippen molar-refractivity contribution < 1.29 is 9.13 Å². The summed E-state index contributed by atoms with van der Waals surface area (Å²) < 4.78 is 19.5. The summed E-state index contributed by atoms with van der Waals surface area (Å²) in [6.07, 6.45) is 0. The average molecular weight is 435 g/mol. The second-order valence-electron chi connectivity index (χ2n) is 7.31. The van der Waals surface area contributed by atoms with Gasteiger partial charge in [-0.3, -0.25) is 0 Å². The van der Waals surface area contributed by atoms with Gasteiger partial charge in [-0.05, 0) is 66.3 Å². The van der Waals surface area contributed by atoms with Crippen molar-refractivity contribution in [3.05, 3.63) is 66.0 Å². The molecule has 5 nitrogen and oxygen atoms in total. The lowest BCUT2D eigenvalue weighted by Gasteiger charge is -2.37. The van der Waals surface area contributed by atoms with Crippen LogP contribution in [0.2, 0.25) is 0 Å². The summed E-state index contributed by atoms with van der Waals surface area (Å²) in [5.74, 6) is 0.474. The third kappa shape index (κ3) is 4.54. The van der Waals surface area contributed by atoms with E-state index in [1.807, 2.05) is 36.1 Å². The third-order valence-electron chi connectivity index (χ3n) is 5.38. The van der Waals surface area contributed by atoms with Gasteiger partial charge in [0.15, 0.2) is 5.11 Å². The molecule has 1 aliphatic rings. The summed E-state index contributed by atoms with van der Waals surface area (Å²) >= 11 is 5.48. The number of para-hydroxylation sites is 1. The molecule has 158 valence electrons. The molecule has 1 heterocycles. The minimum atomic E-state index is -0.328. The molecule has 1 aliphatic heterocycles. The van der Waals surface area contributed by atoms with Crippen LogP contribution in [0.3, 0.4) is 0 Å². The molecule has 1 saturated heterocycles. The molecule has 31 heavy (non-hydrogen) atoms. The number of ether oxygens (including phenoxy) is 1. The van der Waals surface area contributed by atoms with Crippen LogP contribution in [0, 0.1) is 17.1 Å². The molecule has 0 aliphatic carbocycles. The highest BCUT2D eigenvalue weighted by Gasteiger charge is 2.22. The average Bonchev–Trinajstić information content (AvgIpc) is 2.80. The van der Waals surface area contributed by atoms with Gasteiger partial charge in [0.05, 0.1) is 23.5 Å². The van der Waals surface area contributed by atoms with E-state index in [4.69, 9.17) is 17.0 Å². The number of anilines is 2. The molecule has 1 N–H and O–H groups in total. The number of rotatable bonds is 4. The minimum absolute atomic E-state index is 0.328. The molecular formula is C24H23FN4OS. The molecule has 3 aromatic carbocycles. The summed E-state index contributed by atoms with van der Waals surface area (Å²) in [7, 11) is 0. The summed E-state index contributed by atoms with van der Waals surface area (Å²) in [5.41, 5.74) is 1.94. The van der Waals surface area contributed by atoms with E-state index in [1.165, 1.54) is 6.07 Å². The maximum Gasteiger partial charge on any atom is 0.173 e. The Hall–Kier alpha value is -3.37. The zero-order chi connectivity index (χ0) is 21.8. The quantitative estimate of drug-likeness (QED) is 0.597. The van der Waals surface area contributed by atoms with Crippen LogP contribution in [0.25, 0.3) is 10.8 Å². The van der Waals surface area contributed by atoms with E-state index >= 15 is 0 Å². The van der Waals surface area contributed by atoms with Crippen LogP contribution in [0.1, 0.15) is 12.5 Å². The third-order valence-corrected chi connectivity index (χ3v) is 5.74. The van der Waals surface area contributed by atoms with Gasteiger partial charge in [0.2, 0.25) is 0 Å². The molecule has 0 amide bonds. The largest absolute Gasteiger partial charge is 0.494 e. The van der Waals surface area contributed by atoms with Crippen LogP contribution in [-0.2, 0) is 0 Å². The first-order valence-electron chi connectivity index (χ1n) is 10.2. The molecule has 1 fully saturated rings. The summed E-state index contributed by atoms with van der Waals surface area (Å²) in [6, 6.07) is 18.8. The van der Waals surface area contributed by atoms with Crippen LogP contribution < -0.4 is 15.0 Å². The smallest absolute Gasteiger partial charge is 0.173 e. The lowest BCUT2D eigenvalue weighted by atomic mass is 10.0. The lowest BCUT2D eigenvalue weighted by molar-refractivity contribution is 0.341. The van der Waals surface area contributed by atoms with Crippen molar-refractivity contribution in [1.29, 1.82) is 5.26 Å². The fourth-order valence-electron chi connectivity index (χ4n) is 3.78. The summed E-state index contributed by atoms with van der Waals surface area (Å²) in [6.45, 7) is 5.36. The highest BCUT2D eigenvalue weighted by atomic mass is 32.1. The van der Waals surface area contributed by atoms with E-state index in [0.717, 1.165) is 35.3 Å². The van der Waals surface area contributed by atoms with Gasteiger partial charge in [-0.2, -0.15) is 5.26 Å². The number of nitrogens with zero attached hydrogens (tertiary/aromatic N) is 3. The topological polar surface area (TPSA) is 51.5 Å². The summed E-state index contributed by atoms with van der Waals surface area (Å²) in [4.78, 5) is 4.23. The van der Waals surface area contributed by atoms with Gasteiger partial charge in [-0.1, -0.05) is 18.2 Å². The van der Waals surface area contributed by atoms with Gasteiger partial charge < -0.3 is 19.9 Å². The standard InChI is InChI=1S/C24H23FN4OS/c1-2-30-20-8-7-17-15-23(19(16-26)13-18(17)14-20)28-9-11-29(12-10-28)24(31)27-22-6-4-3-5-21(22)25/h3-8,13-15H,2,9-12H2,1H3,(H,27,31). The first kappa shape index (κ1) is 20.9. The number of hydrogen-bond acceptors (Lipinski definition) is 4. The fourth-order valence-corrected chi connectivity index (χ4v) is 4.07. The minimum Gasteiger partial charge on any atom is -0.494 e. The molecular weight excluding hydrogens is 411 g/mol. The molecule has 0 atom stereocenters. The van der Waals surface area contributed by atoms with Crippen molar-refractivity contribution in [1.82, 2.24) is 4.90 Å². The van der Waals surface area contributed by atoms with E-state index in [2.05, 4.69) is 22.4 Å². The predicted molar refractivity (Wildman–Crippen MR) is 126 cm³/mol. The Kier molecular flexibility index (Phi) is 6.19. The maximum atomic E-state index is 13.9. The zero-order valence-corrected chi connectivity index (χ0v) is 18.1. The van der Waals surface area contributed by atoms with E-state index in [0.29, 0.717) is 36.1 Å². The fraction of sp³-hybridized carbons (Fsp3) is 0.250. The Bertz CT molecular complexity index is 1150. The molecule has 0 saturated carbocycles. The number of benzene rings is 3. The van der Waals surface area contributed by atoms with Gasteiger partial charge in [0.25, 0.3) is 0 Å². The van der Waals surface area contributed by atoms with Gasteiger partial charge in [-0.15, -0.1) is 0 Å². The van der Waals surface area contributed by atoms with E-state index in [1.54, 1.807) is 18.2 Å². The molecule has 4 rings (SSSR count). The first-order chi connectivity index (χ1) is 15.1. The Morgan fingerprint density at radius 2 is 1.87 bits per heavy atom. The van der Waals surface area contributed by atoms with Crippen molar-refractivity contribution in [3.8, 4) is 11.8 Å². The number of thiocarbonyl (C=S) groups is 1. The van der Waals surface area contributed by atoms with E-state index in [-0.39, 0.29) is 5.82 Å². The SMILES string of the molecule is CCOc1ccc2cc(N3CCN(C(=S)Nc4ccccc4F)CC3)c(C#N)cc2c1. The molecule has 0 spiro atoms. The van der Waals surface area contributed by atoms with Gasteiger partial charge in [0, 0.05) is 26.2 Å². The van der Waals surface area contributed by atoms with Crippen LogP contribution in [-0.4, -0.2) is 42.8 Å². The Morgan fingerprint density at radius 3 is 2.58 bits per heavy atom. The Morgan fingerprint density at radius 1 is 1.10 bits per heavy atom. The highest BCUT2D eigenvalue weighted by molar-refractivity contribution is 7.80.